The topological polar surface area (TPSA) is 58.6 Å². The second-order valence-electron chi connectivity index (χ2n) is 4.68. The summed E-state index contributed by atoms with van der Waals surface area (Å²) in [5.41, 5.74) is 0.746. The van der Waals surface area contributed by atoms with E-state index in [1.807, 2.05) is 0 Å². The fraction of sp³-hybridized carbons (Fsp3) is 0.500. The third-order valence-corrected chi connectivity index (χ3v) is 2.68. The lowest BCUT2D eigenvalue weighted by Crippen LogP contribution is -2.26. The quantitative estimate of drug-likeness (QED) is 0.813. The number of aliphatic hydroxyl groups excluding tert-OH is 1. The Labute approximate surface area is 120 Å². The van der Waals surface area contributed by atoms with Gasteiger partial charge in [-0.2, -0.15) is 0 Å². The van der Waals surface area contributed by atoms with Gasteiger partial charge in [0.15, 0.2) is 0 Å². The van der Waals surface area contributed by atoms with Gasteiger partial charge in [0.05, 0.1) is 6.10 Å². The number of rotatable bonds is 7. The summed E-state index contributed by atoms with van der Waals surface area (Å²) in [6, 6.07) is 5.41. The predicted octanol–water partition coefficient (Wildman–Crippen LogP) is 2.40. The molecule has 0 aliphatic rings. The smallest absolute Gasteiger partial charge is 0.406 e. The predicted molar refractivity (Wildman–Crippen MR) is 70.8 cm³/mol. The molecular formula is C14H18F3NO3. The molecule has 1 amide bonds. The normalized spacial score (nSPS) is 12.8. The van der Waals surface area contributed by atoms with Gasteiger partial charge in [-0.25, -0.2) is 0 Å². The second kappa shape index (κ2) is 7.87. The van der Waals surface area contributed by atoms with Gasteiger partial charge in [0, 0.05) is 13.0 Å². The highest BCUT2D eigenvalue weighted by Crippen LogP contribution is 2.22. The van der Waals surface area contributed by atoms with Crippen LogP contribution in [0.3, 0.4) is 0 Å². The van der Waals surface area contributed by atoms with E-state index in [0.29, 0.717) is 19.4 Å². The van der Waals surface area contributed by atoms with Gasteiger partial charge in [0.2, 0.25) is 5.91 Å². The molecule has 0 radical (unpaired) electrons. The molecule has 4 nitrogen and oxygen atoms in total. The molecule has 1 atom stereocenters. The van der Waals surface area contributed by atoms with Crippen LogP contribution in [0.25, 0.3) is 0 Å². The highest BCUT2D eigenvalue weighted by Gasteiger charge is 2.30. The first-order valence-corrected chi connectivity index (χ1v) is 6.56. The fourth-order valence-electron chi connectivity index (χ4n) is 1.62. The minimum Gasteiger partial charge on any atom is -0.406 e. The van der Waals surface area contributed by atoms with Crippen LogP contribution >= 0.6 is 0 Å². The molecule has 0 spiro atoms. The highest BCUT2D eigenvalue weighted by molar-refractivity contribution is 5.76. The van der Waals surface area contributed by atoms with Crippen molar-refractivity contribution in [3.8, 4) is 5.75 Å². The first-order chi connectivity index (χ1) is 9.76. The van der Waals surface area contributed by atoms with E-state index in [0.717, 1.165) is 5.56 Å². The zero-order chi connectivity index (χ0) is 15.9. The summed E-state index contributed by atoms with van der Waals surface area (Å²) in [5.74, 6) is -0.445. The number of carbonyl (C=O) groups excluding carboxylic acids is 1. The third-order valence-electron chi connectivity index (χ3n) is 2.68. The molecule has 0 fully saturated rings. The van der Waals surface area contributed by atoms with Gasteiger partial charge in [-0.15, -0.1) is 13.2 Å². The zero-order valence-corrected chi connectivity index (χ0v) is 11.6. The Bertz CT molecular complexity index is 444. The Kier molecular flexibility index (Phi) is 6.48. The van der Waals surface area contributed by atoms with Crippen molar-refractivity contribution in [2.75, 3.05) is 6.54 Å². The molecule has 118 valence electrons. The SMILES string of the molecule is CC(O)CCNC(=O)CCc1ccc(OC(F)(F)F)cc1. The van der Waals surface area contributed by atoms with E-state index < -0.39 is 12.5 Å². The molecule has 0 saturated heterocycles. The number of carbonyl (C=O) groups is 1. The van der Waals surface area contributed by atoms with Gasteiger partial charge < -0.3 is 15.2 Å². The maximum absolute atomic E-state index is 12.0. The monoisotopic (exact) mass is 305 g/mol. The molecule has 21 heavy (non-hydrogen) atoms. The Hall–Kier alpha value is -1.76. The van der Waals surface area contributed by atoms with Crippen LogP contribution < -0.4 is 10.1 Å². The van der Waals surface area contributed by atoms with Crippen LogP contribution in [0, 0.1) is 0 Å². The van der Waals surface area contributed by atoms with E-state index in [-0.39, 0.29) is 18.1 Å². The molecule has 1 rings (SSSR count). The Balaban J connectivity index is 2.34. The van der Waals surface area contributed by atoms with Crippen molar-refractivity contribution in [1.29, 1.82) is 0 Å². The van der Waals surface area contributed by atoms with E-state index in [4.69, 9.17) is 5.11 Å². The number of hydrogen-bond donors (Lipinski definition) is 2. The van der Waals surface area contributed by atoms with Gasteiger partial charge >= 0.3 is 6.36 Å². The first-order valence-electron chi connectivity index (χ1n) is 6.56. The summed E-state index contributed by atoms with van der Waals surface area (Å²) < 4.78 is 39.7. The molecular weight excluding hydrogens is 287 g/mol. The van der Waals surface area contributed by atoms with Crippen LogP contribution in [0.4, 0.5) is 13.2 Å². The number of hydrogen-bond acceptors (Lipinski definition) is 3. The molecule has 1 aromatic carbocycles. The molecule has 0 aliphatic heterocycles. The van der Waals surface area contributed by atoms with Gasteiger partial charge in [-0.05, 0) is 37.5 Å². The van der Waals surface area contributed by atoms with Gasteiger partial charge in [-0.3, -0.25) is 4.79 Å². The van der Waals surface area contributed by atoms with Crippen molar-refractivity contribution in [2.45, 2.75) is 38.7 Å². The van der Waals surface area contributed by atoms with Crippen molar-refractivity contribution >= 4 is 5.91 Å². The van der Waals surface area contributed by atoms with Gasteiger partial charge in [0.25, 0.3) is 0 Å². The van der Waals surface area contributed by atoms with E-state index in [9.17, 15) is 18.0 Å². The Morgan fingerprint density at radius 1 is 1.33 bits per heavy atom. The number of halogens is 3. The lowest BCUT2D eigenvalue weighted by atomic mass is 10.1. The number of ether oxygens (including phenoxy) is 1. The summed E-state index contributed by atoms with van der Waals surface area (Å²) in [5, 5.41) is 11.7. The lowest BCUT2D eigenvalue weighted by molar-refractivity contribution is -0.274. The van der Waals surface area contributed by atoms with E-state index in [1.165, 1.54) is 24.3 Å². The van der Waals surface area contributed by atoms with Gasteiger partial charge in [-0.1, -0.05) is 12.1 Å². The summed E-state index contributed by atoms with van der Waals surface area (Å²) in [6.07, 6.45) is -4.03. The molecule has 1 aromatic rings. The van der Waals surface area contributed by atoms with Crippen LogP contribution in [0.5, 0.6) is 5.75 Å². The summed E-state index contributed by atoms with van der Waals surface area (Å²) in [4.78, 5) is 11.5. The molecule has 2 N–H and O–H groups in total. The fourth-order valence-corrected chi connectivity index (χ4v) is 1.62. The summed E-state index contributed by atoms with van der Waals surface area (Å²) in [7, 11) is 0. The number of aryl methyl sites for hydroxylation is 1. The molecule has 0 bridgehead atoms. The minimum absolute atomic E-state index is 0.161. The average molecular weight is 305 g/mol. The molecule has 0 saturated carbocycles. The van der Waals surface area contributed by atoms with Crippen molar-refractivity contribution in [3.63, 3.8) is 0 Å². The van der Waals surface area contributed by atoms with Crippen LogP contribution in [0.15, 0.2) is 24.3 Å². The molecule has 0 aliphatic carbocycles. The highest BCUT2D eigenvalue weighted by atomic mass is 19.4. The standard InChI is InChI=1S/C14H18F3NO3/c1-10(19)8-9-18-13(20)7-4-11-2-5-12(6-3-11)21-14(15,16)17/h2-3,5-6,10,19H,4,7-9H2,1H3,(H,18,20). The zero-order valence-electron chi connectivity index (χ0n) is 11.6. The molecule has 7 heteroatoms. The van der Waals surface area contributed by atoms with Crippen LogP contribution in [0.1, 0.15) is 25.3 Å². The Morgan fingerprint density at radius 3 is 2.48 bits per heavy atom. The summed E-state index contributed by atoms with van der Waals surface area (Å²) >= 11 is 0. The van der Waals surface area contributed by atoms with Crippen molar-refractivity contribution in [1.82, 2.24) is 5.32 Å². The van der Waals surface area contributed by atoms with Crippen molar-refractivity contribution in [2.24, 2.45) is 0 Å². The number of alkyl halides is 3. The van der Waals surface area contributed by atoms with Gasteiger partial charge in [0.1, 0.15) is 5.75 Å². The van der Waals surface area contributed by atoms with Crippen LogP contribution in [-0.2, 0) is 11.2 Å². The van der Waals surface area contributed by atoms with Crippen molar-refractivity contribution in [3.05, 3.63) is 29.8 Å². The largest absolute Gasteiger partial charge is 0.573 e. The number of aliphatic hydroxyl groups is 1. The lowest BCUT2D eigenvalue weighted by Gasteiger charge is -2.09. The number of amides is 1. The summed E-state index contributed by atoms with van der Waals surface area (Å²) in [6.45, 7) is 2.03. The number of nitrogens with one attached hydrogen (secondary N) is 1. The maximum atomic E-state index is 12.0. The number of benzene rings is 1. The van der Waals surface area contributed by atoms with Crippen LogP contribution in [0.2, 0.25) is 0 Å². The molecule has 1 unspecified atom stereocenters. The maximum Gasteiger partial charge on any atom is 0.573 e. The third kappa shape index (κ3) is 8.19. The van der Waals surface area contributed by atoms with E-state index >= 15 is 0 Å². The van der Waals surface area contributed by atoms with E-state index in [2.05, 4.69) is 10.1 Å². The Morgan fingerprint density at radius 2 is 1.95 bits per heavy atom. The van der Waals surface area contributed by atoms with Crippen LogP contribution in [-0.4, -0.2) is 30.0 Å². The van der Waals surface area contributed by atoms with Crippen molar-refractivity contribution < 1.29 is 27.8 Å². The first kappa shape index (κ1) is 17.3. The average Bonchev–Trinajstić information content (AvgIpc) is 2.35. The minimum atomic E-state index is -4.70. The second-order valence-corrected chi connectivity index (χ2v) is 4.68. The molecule has 0 aromatic heterocycles. The molecule has 0 heterocycles. The van der Waals surface area contributed by atoms with E-state index in [1.54, 1.807) is 6.92 Å².